The lowest BCUT2D eigenvalue weighted by atomic mass is 10.0. The van der Waals surface area contributed by atoms with Crippen molar-refractivity contribution >= 4 is 22.7 Å². The van der Waals surface area contributed by atoms with Crippen molar-refractivity contribution in [1.82, 2.24) is 0 Å². The third kappa shape index (κ3) is 2.77. The summed E-state index contributed by atoms with van der Waals surface area (Å²) in [7, 11) is 0. The van der Waals surface area contributed by atoms with Crippen LogP contribution in [0.5, 0.6) is 5.75 Å². The molecule has 2 rings (SSSR count). The van der Waals surface area contributed by atoms with Gasteiger partial charge in [-0.25, -0.2) is 4.79 Å². The lowest BCUT2D eigenvalue weighted by molar-refractivity contribution is -0.118. The molecule has 0 bridgehead atoms. The Morgan fingerprint density at radius 2 is 2.00 bits per heavy atom. The fourth-order valence-corrected chi connectivity index (χ4v) is 2.03. The third-order valence-corrected chi connectivity index (χ3v) is 2.96. The molecule has 1 atom stereocenters. The Kier molecular flexibility index (Phi) is 3.77. The van der Waals surface area contributed by atoms with E-state index in [2.05, 4.69) is 0 Å². The predicted octanol–water partition coefficient (Wildman–Crippen LogP) is 1.21. The molecule has 7 heteroatoms. The van der Waals surface area contributed by atoms with Crippen molar-refractivity contribution in [1.29, 1.82) is 0 Å². The van der Waals surface area contributed by atoms with Gasteiger partial charge in [-0.2, -0.15) is 0 Å². The fraction of sp³-hybridized carbons (Fsp3) is 0.214. The number of aliphatic hydroxyl groups is 1. The van der Waals surface area contributed by atoms with Crippen LogP contribution >= 0.6 is 0 Å². The van der Waals surface area contributed by atoms with Crippen LogP contribution in [0.2, 0.25) is 0 Å². The Balaban J connectivity index is 2.74. The molecule has 1 heterocycles. The molecular formula is C14H12O7. The molecular weight excluding hydrogens is 280 g/mol. The van der Waals surface area contributed by atoms with Crippen molar-refractivity contribution < 1.29 is 29.3 Å². The highest BCUT2D eigenvalue weighted by Gasteiger charge is 2.21. The normalized spacial score (nSPS) is 12.3. The Bertz CT molecular complexity index is 788. The zero-order valence-electron chi connectivity index (χ0n) is 11.0. The second kappa shape index (κ2) is 5.37. The van der Waals surface area contributed by atoms with E-state index in [4.69, 9.17) is 9.52 Å². The van der Waals surface area contributed by atoms with Gasteiger partial charge in [-0.1, -0.05) is 0 Å². The summed E-state index contributed by atoms with van der Waals surface area (Å²) in [6.07, 6.45) is -0.696. The summed E-state index contributed by atoms with van der Waals surface area (Å²) in [5, 5.41) is 28.1. The largest absolute Gasteiger partial charge is 0.508 e. The Morgan fingerprint density at radius 1 is 1.33 bits per heavy atom. The molecule has 0 unspecified atom stereocenters. The number of phenolic OH excluding ortho intramolecular Hbond substituents is 1. The van der Waals surface area contributed by atoms with Gasteiger partial charge in [0.2, 0.25) is 0 Å². The van der Waals surface area contributed by atoms with E-state index in [9.17, 15) is 24.6 Å². The van der Waals surface area contributed by atoms with Gasteiger partial charge >= 0.3 is 5.97 Å². The van der Waals surface area contributed by atoms with Gasteiger partial charge in [0.1, 0.15) is 23.4 Å². The number of carboxylic acid groups (broad SMARTS) is 1. The topological polar surface area (TPSA) is 125 Å². The first kappa shape index (κ1) is 14.7. The molecule has 110 valence electrons. The van der Waals surface area contributed by atoms with E-state index in [1.165, 1.54) is 6.92 Å². The van der Waals surface area contributed by atoms with Gasteiger partial charge in [0.05, 0.1) is 22.6 Å². The number of fused-ring (bicyclic) bond motifs is 1. The van der Waals surface area contributed by atoms with E-state index in [-0.39, 0.29) is 34.5 Å². The Hall–Kier alpha value is -2.67. The average Bonchev–Trinajstić information content (AvgIpc) is 2.36. The maximum atomic E-state index is 12.3. The van der Waals surface area contributed by atoms with E-state index in [1.807, 2.05) is 0 Å². The predicted molar refractivity (Wildman–Crippen MR) is 71.4 cm³/mol. The van der Waals surface area contributed by atoms with Crippen molar-refractivity contribution in [3.05, 3.63) is 39.7 Å². The molecule has 0 aliphatic heterocycles. The molecule has 21 heavy (non-hydrogen) atoms. The number of aromatic hydroxyl groups is 1. The van der Waals surface area contributed by atoms with E-state index in [1.54, 1.807) is 0 Å². The standard InChI is InChI=1S/C14H12O7/c1-6(15)2-10(17)9-5-21-11-4-7(16)3-8(14(19)20)12(11)13(9)18/h3-5,10,16-17H,2H2,1H3,(H,19,20)/t10-/m0/s1. The van der Waals surface area contributed by atoms with Crippen LogP contribution in [0.3, 0.4) is 0 Å². The maximum absolute atomic E-state index is 12.3. The number of rotatable bonds is 4. The van der Waals surface area contributed by atoms with Gasteiger partial charge in [0.15, 0.2) is 5.43 Å². The van der Waals surface area contributed by atoms with Crippen molar-refractivity contribution in [3.63, 3.8) is 0 Å². The molecule has 1 aromatic heterocycles. The molecule has 0 amide bonds. The number of ketones is 1. The Labute approximate surface area is 118 Å². The smallest absolute Gasteiger partial charge is 0.336 e. The van der Waals surface area contributed by atoms with Crippen LogP contribution in [0, 0.1) is 0 Å². The first-order valence-corrected chi connectivity index (χ1v) is 6.00. The number of benzene rings is 1. The maximum Gasteiger partial charge on any atom is 0.336 e. The van der Waals surface area contributed by atoms with Gasteiger partial charge in [0, 0.05) is 12.5 Å². The summed E-state index contributed by atoms with van der Waals surface area (Å²) < 4.78 is 5.10. The molecule has 7 nitrogen and oxygen atoms in total. The summed E-state index contributed by atoms with van der Waals surface area (Å²) in [5.74, 6) is -2.10. The second-order valence-electron chi connectivity index (χ2n) is 4.61. The lowest BCUT2D eigenvalue weighted by Crippen LogP contribution is -2.17. The number of hydrogen-bond donors (Lipinski definition) is 3. The number of carboxylic acids is 1. The van der Waals surface area contributed by atoms with E-state index < -0.39 is 23.1 Å². The number of carbonyl (C=O) groups is 2. The van der Waals surface area contributed by atoms with Gasteiger partial charge in [-0.3, -0.25) is 9.59 Å². The number of Topliss-reactive ketones (excluding diaryl/α,β-unsaturated/α-hetero) is 1. The number of aliphatic hydroxyl groups excluding tert-OH is 1. The van der Waals surface area contributed by atoms with Gasteiger partial charge in [0.25, 0.3) is 0 Å². The van der Waals surface area contributed by atoms with Crippen LogP contribution in [0.1, 0.15) is 35.4 Å². The summed E-state index contributed by atoms with van der Waals surface area (Å²) in [6, 6.07) is 2.02. The van der Waals surface area contributed by atoms with Gasteiger partial charge in [-0.15, -0.1) is 0 Å². The SMILES string of the molecule is CC(=O)C[C@H](O)c1coc2cc(O)cc(C(=O)O)c2c1=O. The fourth-order valence-electron chi connectivity index (χ4n) is 2.03. The van der Waals surface area contributed by atoms with Crippen molar-refractivity contribution in [2.75, 3.05) is 0 Å². The highest BCUT2D eigenvalue weighted by Crippen LogP contribution is 2.25. The second-order valence-corrected chi connectivity index (χ2v) is 4.61. The minimum atomic E-state index is -1.42. The minimum Gasteiger partial charge on any atom is -0.508 e. The number of aromatic carboxylic acids is 1. The first-order chi connectivity index (χ1) is 9.81. The van der Waals surface area contributed by atoms with Crippen molar-refractivity contribution in [2.45, 2.75) is 19.4 Å². The quantitative estimate of drug-likeness (QED) is 0.773. The van der Waals surface area contributed by atoms with Crippen LogP contribution in [-0.4, -0.2) is 27.1 Å². The highest BCUT2D eigenvalue weighted by atomic mass is 16.4. The summed E-state index contributed by atoms with van der Waals surface area (Å²) in [5.41, 5.74) is -1.50. The molecule has 0 fully saturated rings. The minimum absolute atomic E-state index is 0.115. The lowest BCUT2D eigenvalue weighted by Gasteiger charge is -2.09. The van der Waals surface area contributed by atoms with Gasteiger partial charge < -0.3 is 19.7 Å². The Morgan fingerprint density at radius 3 is 2.57 bits per heavy atom. The monoisotopic (exact) mass is 292 g/mol. The molecule has 2 aromatic rings. The number of carbonyl (C=O) groups excluding carboxylic acids is 1. The van der Waals surface area contributed by atoms with Crippen molar-refractivity contribution in [3.8, 4) is 5.75 Å². The third-order valence-electron chi connectivity index (χ3n) is 2.96. The zero-order chi connectivity index (χ0) is 15.7. The molecule has 0 aliphatic rings. The first-order valence-electron chi connectivity index (χ1n) is 6.00. The van der Waals surface area contributed by atoms with Gasteiger partial charge in [-0.05, 0) is 13.0 Å². The van der Waals surface area contributed by atoms with Crippen LogP contribution in [0.4, 0.5) is 0 Å². The summed E-state index contributed by atoms with van der Waals surface area (Å²) >= 11 is 0. The van der Waals surface area contributed by atoms with Crippen molar-refractivity contribution in [2.24, 2.45) is 0 Å². The molecule has 0 radical (unpaired) electrons. The molecule has 0 saturated heterocycles. The zero-order valence-corrected chi connectivity index (χ0v) is 11.0. The summed E-state index contributed by atoms with van der Waals surface area (Å²) in [6.45, 7) is 1.26. The van der Waals surface area contributed by atoms with E-state index in [0.717, 1.165) is 18.4 Å². The highest BCUT2D eigenvalue weighted by molar-refractivity contribution is 6.02. The molecule has 0 aliphatic carbocycles. The van der Waals surface area contributed by atoms with Crippen LogP contribution < -0.4 is 5.43 Å². The van der Waals surface area contributed by atoms with E-state index in [0.29, 0.717) is 0 Å². The molecule has 3 N–H and O–H groups in total. The average molecular weight is 292 g/mol. The molecule has 0 saturated carbocycles. The van der Waals surface area contributed by atoms with Crippen LogP contribution in [-0.2, 0) is 4.79 Å². The summed E-state index contributed by atoms with van der Waals surface area (Å²) in [4.78, 5) is 34.5. The van der Waals surface area contributed by atoms with Crippen LogP contribution in [0.25, 0.3) is 11.0 Å². The number of phenols is 1. The van der Waals surface area contributed by atoms with Crippen LogP contribution in [0.15, 0.2) is 27.6 Å². The molecule has 1 aromatic carbocycles. The van der Waals surface area contributed by atoms with E-state index >= 15 is 0 Å². The number of hydrogen-bond acceptors (Lipinski definition) is 6. The molecule has 0 spiro atoms.